The quantitative estimate of drug-likeness (QED) is 0.212. The molecule has 2 heterocycles. The molecule has 2 saturated heterocycles. The molecule has 6 N–H and O–H groups in total. The number of hydrogen-bond donors (Lipinski definition) is 6. The number of β-lactam (4-membered cyclic amide) rings is 1. The Morgan fingerprint density at radius 3 is 2.33 bits per heavy atom. The molecule has 8 atom stereocenters. The molecule has 0 aromatic heterocycles. The van der Waals surface area contributed by atoms with Crippen LogP contribution < -0.4 is 4.90 Å². The second-order valence-corrected chi connectivity index (χ2v) is 10.7. The van der Waals surface area contributed by atoms with Gasteiger partial charge in [0.2, 0.25) is 5.91 Å². The molecule has 2 unspecified atom stereocenters. The van der Waals surface area contributed by atoms with Gasteiger partial charge >= 0.3 is 0 Å². The zero-order valence-corrected chi connectivity index (χ0v) is 22.6. The summed E-state index contributed by atoms with van der Waals surface area (Å²) in [5.74, 6) is -1.11. The van der Waals surface area contributed by atoms with Crippen molar-refractivity contribution in [2.45, 2.75) is 55.5 Å². The highest BCUT2D eigenvalue weighted by Crippen LogP contribution is 2.48. The fraction of sp³-hybridized carbons (Fsp3) is 0.344. The highest BCUT2D eigenvalue weighted by atomic mass is 19.1. The van der Waals surface area contributed by atoms with Gasteiger partial charge in [0.1, 0.15) is 42.1 Å². The first-order valence-electron chi connectivity index (χ1n) is 13.8. The van der Waals surface area contributed by atoms with Crippen LogP contribution in [0.25, 0.3) is 6.08 Å². The summed E-state index contributed by atoms with van der Waals surface area (Å²) in [6.45, 7) is -0.537. The predicted molar refractivity (Wildman–Crippen MR) is 152 cm³/mol. The number of amides is 1. The van der Waals surface area contributed by atoms with Crippen LogP contribution in [0.2, 0.25) is 0 Å². The van der Waals surface area contributed by atoms with Crippen LogP contribution in [0.15, 0.2) is 78.9 Å². The molecule has 222 valence electrons. The first-order valence-corrected chi connectivity index (χ1v) is 13.8. The number of aromatic hydroxyl groups is 1. The third kappa shape index (κ3) is 5.96. The zero-order chi connectivity index (χ0) is 30.0. The van der Waals surface area contributed by atoms with E-state index in [9.17, 15) is 39.8 Å². The number of aliphatic hydroxyl groups excluding tert-OH is 5. The molecule has 9 nitrogen and oxygen atoms in total. The molecular weight excluding hydrogens is 545 g/mol. The van der Waals surface area contributed by atoms with E-state index < -0.39 is 61.0 Å². The maximum absolute atomic E-state index is 13.3. The van der Waals surface area contributed by atoms with Crippen molar-refractivity contribution < 1.29 is 44.6 Å². The van der Waals surface area contributed by atoms with Gasteiger partial charge in [0.15, 0.2) is 0 Å². The average molecular weight is 580 g/mol. The van der Waals surface area contributed by atoms with Crippen molar-refractivity contribution in [3.05, 3.63) is 101 Å². The Morgan fingerprint density at radius 1 is 0.952 bits per heavy atom. The second-order valence-electron chi connectivity index (χ2n) is 10.7. The van der Waals surface area contributed by atoms with Gasteiger partial charge in [0, 0.05) is 11.3 Å². The lowest BCUT2D eigenvalue weighted by molar-refractivity contribution is -0.216. The average Bonchev–Trinajstić information content (AvgIpc) is 2.99. The molecule has 0 bridgehead atoms. The summed E-state index contributed by atoms with van der Waals surface area (Å²) < 4.78 is 18.8. The fourth-order valence-electron chi connectivity index (χ4n) is 5.66. The van der Waals surface area contributed by atoms with Crippen LogP contribution in [0, 0.1) is 11.7 Å². The van der Waals surface area contributed by atoms with Crippen molar-refractivity contribution in [3.63, 3.8) is 0 Å². The molecule has 0 aliphatic carbocycles. The SMILES string of the molecule is O=C1[C@H](CC[C@H](O)c2ccc(F)cc2)[C@@H](c2ccc(C=C[C@@H]3OC(CO)[C@@H](O)C(O)[C@@H]3O)cc2O)N1c1ccccc1. The van der Waals surface area contributed by atoms with E-state index in [0.29, 0.717) is 28.8 Å². The Kier molecular flexibility index (Phi) is 9.02. The van der Waals surface area contributed by atoms with Crippen LogP contribution in [0.5, 0.6) is 5.75 Å². The van der Waals surface area contributed by atoms with Gasteiger partial charge in [-0.05, 0) is 54.3 Å². The molecule has 42 heavy (non-hydrogen) atoms. The molecule has 0 spiro atoms. The Bertz CT molecular complexity index is 1400. The van der Waals surface area contributed by atoms with Crippen molar-refractivity contribution in [2.75, 3.05) is 11.5 Å². The smallest absolute Gasteiger partial charge is 0.233 e. The normalized spacial score (nSPS) is 28.6. The van der Waals surface area contributed by atoms with Crippen LogP contribution >= 0.6 is 0 Å². The Morgan fingerprint density at radius 2 is 1.67 bits per heavy atom. The van der Waals surface area contributed by atoms with E-state index in [0.717, 1.165) is 0 Å². The summed E-state index contributed by atoms with van der Waals surface area (Å²) in [7, 11) is 0. The summed E-state index contributed by atoms with van der Waals surface area (Å²) in [4.78, 5) is 15.0. The van der Waals surface area contributed by atoms with E-state index >= 15 is 0 Å². The Hall–Kier alpha value is -3.64. The lowest BCUT2D eigenvalue weighted by Gasteiger charge is -2.48. The van der Waals surface area contributed by atoms with E-state index in [1.807, 2.05) is 30.3 Å². The number of phenols is 1. The molecule has 2 fully saturated rings. The third-order valence-electron chi connectivity index (χ3n) is 8.03. The third-order valence-corrected chi connectivity index (χ3v) is 8.03. The molecule has 10 heteroatoms. The number of aliphatic hydroxyl groups is 5. The summed E-state index contributed by atoms with van der Waals surface area (Å²) in [6.07, 6.45) is -3.64. The Balaban J connectivity index is 1.35. The van der Waals surface area contributed by atoms with Gasteiger partial charge in [-0.2, -0.15) is 0 Å². The molecule has 2 aliphatic heterocycles. The van der Waals surface area contributed by atoms with Gasteiger partial charge < -0.3 is 40.3 Å². The molecule has 5 rings (SSSR count). The summed E-state index contributed by atoms with van der Waals surface area (Å²) in [6, 6.07) is 19.1. The maximum Gasteiger partial charge on any atom is 0.233 e. The van der Waals surface area contributed by atoms with E-state index in [2.05, 4.69) is 0 Å². The molecule has 2 aliphatic rings. The van der Waals surface area contributed by atoms with Gasteiger partial charge in [-0.1, -0.05) is 54.6 Å². The molecule has 1 amide bonds. The lowest BCUT2D eigenvalue weighted by atomic mass is 9.77. The molecule has 3 aromatic rings. The molecule has 0 saturated carbocycles. The largest absolute Gasteiger partial charge is 0.508 e. The van der Waals surface area contributed by atoms with E-state index in [1.165, 1.54) is 36.4 Å². The standard InChI is InChI=1S/C32H34FNO8/c33-20-10-8-19(9-11-20)24(36)14-13-23-28(34(32(23)41)21-4-2-1-3-5-21)22-12-6-18(16-25(22)37)7-15-26-29(38)31(40)30(39)27(17-35)42-26/h1-12,15-16,23-24,26-31,35-40H,13-14,17H2/t23-,24+,26+,27?,28-,29-,30-,31?/m1/s1. The number of benzene rings is 3. The van der Waals surface area contributed by atoms with Gasteiger partial charge in [-0.25, -0.2) is 4.39 Å². The minimum atomic E-state index is -1.50. The zero-order valence-electron chi connectivity index (χ0n) is 22.6. The summed E-state index contributed by atoms with van der Waals surface area (Å²) >= 11 is 0. The number of para-hydroxylation sites is 1. The van der Waals surface area contributed by atoms with Crippen LogP contribution in [-0.2, 0) is 9.53 Å². The van der Waals surface area contributed by atoms with E-state index in [4.69, 9.17) is 4.74 Å². The number of anilines is 1. The van der Waals surface area contributed by atoms with Gasteiger partial charge in [0.05, 0.1) is 24.7 Å². The van der Waals surface area contributed by atoms with Crippen LogP contribution in [0.3, 0.4) is 0 Å². The van der Waals surface area contributed by atoms with Gasteiger partial charge in [-0.3, -0.25) is 4.79 Å². The van der Waals surface area contributed by atoms with Gasteiger partial charge in [-0.15, -0.1) is 0 Å². The lowest BCUT2D eigenvalue weighted by Crippen LogP contribution is -2.57. The van der Waals surface area contributed by atoms with Crippen molar-refractivity contribution in [1.29, 1.82) is 0 Å². The minimum absolute atomic E-state index is 0.0616. The number of carbonyl (C=O) groups excluding carboxylic acids is 1. The molecular formula is C32H34FNO8. The van der Waals surface area contributed by atoms with E-state index in [-0.39, 0.29) is 18.1 Å². The number of carbonyl (C=O) groups is 1. The highest BCUT2D eigenvalue weighted by molar-refractivity contribution is 6.03. The van der Waals surface area contributed by atoms with Crippen molar-refractivity contribution in [2.24, 2.45) is 5.92 Å². The topological polar surface area (TPSA) is 151 Å². The second kappa shape index (κ2) is 12.7. The number of ether oxygens (including phenoxy) is 1. The monoisotopic (exact) mass is 579 g/mol. The minimum Gasteiger partial charge on any atom is -0.508 e. The molecule has 3 aromatic carbocycles. The fourth-order valence-corrected chi connectivity index (χ4v) is 5.66. The Labute approximate surface area is 242 Å². The van der Waals surface area contributed by atoms with Crippen molar-refractivity contribution >= 4 is 17.7 Å². The summed E-state index contributed by atoms with van der Waals surface area (Å²) in [5.41, 5.74) is 2.30. The maximum atomic E-state index is 13.3. The first-order chi connectivity index (χ1) is 20.2. The number of hydrogen-bond acceptors (Lipinski definition) is 8. The van der Waals surface area contributed by atoms with Crippen LogP contribution in [0.1, 0.15) is 41.7 Å². The number of rotatable bonds is 9. The predicted octanol–water partition coefficient (Wildman–Crippen LogP) is 2.60. The number of halogens is 1. The van der Waals surface area contributed by atoms with Crippen LogP contribution in [-0.4, -0.2) is 73.7 Å². The number of nitrogens with zero attached hydrogens (tertiary/aromatic N) is 1. The van der Waals surface area contributed by atoms with Gasteiger partial charge in [0.25, 0.3) is 0 Å². The van der Waals surface area contributed by atoms with Crippen LogP contribution in [0.4, 0.5) is 10.1 Å². The summed E-state index contributed by atoms with van der Waals surface area (Å²) in [5, 5.41) is 61.5. The van der Waals surface area contributed by atoms with Crippen molar-refractivity contribution in [3.8, 4) is 5.75 Å². The van der Waals surface area contributed by atoms with Crippen molar-refractivity contribution in [1.82, 2.24) is 0 Å². The highest BCUT2D eigenvalue weighted by Gasteiger charge is 2.49. The molecule has 0 radical (unpaired) electrons. The van der Waals surface area contributed by atoms with E-state index in [1.54, 1.807) is 23.1 Å². The first kappa shape index (κ1) is 29.8. The number of phenolic OH excluding ortho intramolecular Hbond substituents is 1.